The van der Waals surface area contributed by atoms with Gasteiger partial charge in [-0.05, 0) is 52.7 Å². The Bertz CT molecular complexity index is 315. The first-order chi connectivity index (χ1) is 10.1. The summed E-state index contributed by atoms with van der Waals surface area (Å²) in [7, 11) is 2.01. The molecule has 1 unspecified atom stereocenters. The SMILES string of the molecule is CCOC(=O)CCCNC(=O)CN(C)C1CCCNCC1. The van der Waals surface area contributed by atoms with Gasteiger partial charge in [0.15, 0.2) is 0 Å². The van der Waals surface area contributed by atoms with Gasteiger partial charge in [-0.15, -0.1) is 0 Å². The minimum atomic E-state index is -0.199. The van der Waals surface area contributed by atoms with Crippen molar-refractivity contribution in [2.45, 2.75) is 45.1 Å². The van der Waals surface area contributed by atoms with E-state index in [0.717, 1.165) is 32.4 Å². The van der Waals surface area contributed by atoms with Crippen LogP contribution in [-0.4, -0.2) is 62.7 Å². The smallest absolute Gasteiger partial charge is 0.305 e. The van der Waals surface area contributed by atoms with Gasteiger partial charge in [-0.1, -0.05) is 0 Å². The minimum Gasteiger partial charge on any atom is -0.466 e. The van der Waals surface area contributed by atoms with Crippen molar-refractivity contribution >= 4 is 11.9 Å². The average Bonchev–Trinajstić information content (AvgIpc) is 2.73. The Hall–Kier alpha value is -1.14. The molecule has 122 valence electrons. The summed E-state index contributed by atoms with van der Waals surface area (Å²) in [6, 6.07) is 0.477. The van der Waals surface area contributed by atoms with Crippen molar-refractivity contribution in [3.05, 3.63) is 0 Å². The normalized spacial score (nSPS) is 19.1. The van der Waals surface area contributed by atoms with Gasteiger partial charge in [0.25, 0.3) is 0 Å². The van der Waals surface area contributed by atoms with Gasteiger partial charge in [-0.3, -0.25) is 14.5 Å². The third-order valence-corrected chi connectivity index (χ3v) is 3.75. The van der Waals surface area contributed by atoms with Crippen molar-refractivity contribution in [3.63, 3.8) is 0 Å². The van der Waals surface area contributed by atoms with E-state index in [-0.39, 0.29) is 11.9 Å². The second kappa shape index (κ2) is 10.6. The minimum absolute atomic E-state index is 0.0264. The lowest BCUT2D eigenvalue weighted by atomic mass is 10.1. The fraction of sp³-hybridized carbons (Fsp3) is 0.867. The predicted octanol–water partition coefficient (Wildman–Crippen LogP) is 0.520. The molecule has 0 aromatic heterocycles. The summed E-state index contributed by atoms with van der Waals surface area (Å²) >= 11 is 0. The molecule has 6 nitrogen and oxygen atoms in total. The van der Waals surface area contributed by atoms with Crippen LogP contribution in [-0.2, 0) is 14.3 Å². The quantitative estimate of drug-likeness (QED) is 0.505. The molecule has 0 aromatic carbocycles. The fourth-order valence-electron chi connectivity index (χ4n) is 2.55. The second-order valence-electron chi connectivity index (χ2n) is 5.51. The number of nitrogens with zero attached hydrogens (tertiary/aromatic N) is 1. The van der Waals surface area contributed by atoms with E-state index in [1.165, 1.54) is 0 Å². The second-order valence-corrected chi connectivity index (χ2v) is 5.51. The van der Waals surface area contributed by atoms with Crippen molar-refractivity contribution < 1.29 is 14.3 Å². The van der Waals surface area contributed by atoms with E-state index in [1.807, 2.05) is 7.05 Å². The molecule has 1 aliphatic rings. The van der Waals surface area contributed by atoms with E-state index in [1.54, 1.807) is 6.92 Å². The van der Waals surface area contributed by atoms with Gasteiger partial charge in [0, 0.05) is 19.0 Å². The first-order valence-electron chi connectivity index (χ1n) is 7.96. The summed E-state index contributed by atoms with van der Waals surface area (Å²) in [5, 5.41) is 6.24. The third kappa shape index (κ3) is 8.02. The van der Waals surface area contributed by atoms with Crippen LogP contribution in [0.5, 0.6) is 0 Å². The van der Waals surface area contributed by atoms with Crippen LogP contribution in [0.2, 0.25) is 0 Å². The molecule has 2 N–H and O–H groups in total. The predicted molar refractivity (Wildman–Crippen MR) is 82.0 cm³/mol. The summed E-state index contributed by atoms with van der Waals surface area (Å²) in [4.78, 5) is 25.2. The molecule has 1 atom stereocenters. The molecule has 1 saturated heterocycles. The highest BCUT2D eigenvalue weighted by molar-refractivity contribution is 5.78. The first-order valence-corrected chi connectivity index (χ1v) is 7.96. The van der Waals surface area contributed by atoms with Gasteiger partial charge in [0.05, 0.1) is 13.2 Å². The zero-order valence-electron chi connectivity index (χ0n) is 13.3. The Balaban J connectivity index is 2.13. The lowest BCUT2D eigenvalue weighted by Crippen LogP contribution is -2.41. The van der Waals surface area contributed by atoms with E-state index < -0.39 is 0 Å². The number of nitrogens with one attached hydrogen (secondary N) is 2. The number of hydrogen-bond acceptors (Lipinski definition) is 5. The summed E-state index contributed by atoms with van der Waals surface area (Å²) in [5.41, 5.74) is 0. The molecule has 1 rings (SSSR count). The highest BCUT2D eigenvalue weighted by Gasteiger charge is 2.18. The van der Waals surface area contributed by atoms with E-state index in [4.69, 9.17) is 4.74 Å². The van der Waals surface area contributed by atoms with E-state index in [0.29, 0.717) is 38.6 Å². The molecule has 0 aromatic rings. The maximum Gasteiger partial charge on any atom is 0.305 e. The van der Waals surface area contributed by atoms with Crippen LogP contribution in [0.25, 0.3) is 0 Å². The summed E-state index contributed by atoms with van der Waals surface area (Å²) in [5.74, 6) is -0.173. The standard InChI is InChI=1S/C15H29N3O3/c1-3-21-15(20)7-5-10-17-14(19)12-18(2)13-6-4-9-16-11-8-13/h13,16H,3-12H2,1-2H3,(H,17,19). The van der Waals surface area contributed by atoms with Gasteiger partial charge in [-0.2, -0.15) is 0 Å². The molecule has 0 bridgehead atoms. The molecule has 1 fully saturated rings. The van der Waals surface area contributed by atoms with Gasteiger partial charge in [-0.25, -0.2) is 0 Å². The number of carbonyl (C=O) groups excluding carboxylic acids is 2. The Labute approximate surface area is 127 Å². The Morgan fingerprint density at radius 2 is 2.14 bits per heavy atom. The summed E-state index contributed by atoms with van der Waals surface area (Å²) in [6.07, 6.45) is 4.38. The summed E-state index contributed by atoms with van der Waals surface area (Å²) < 4.78 is 4.84. The maximum atomic E-state index is 11.9. The molecule has 0 aliphatic carbocycles. The average molecular weight is 299 g/mol. The lowest BCUT2D eigenvalue weighted by Gasteiger charge is -2.26. The number of amides is 1. The Kier molecular flexibility index (Phi) is 9.01. The topological polar surface area (TPSA) is 70.7 Å². The number of ether oxygens (including phenoxy) is 1. The fourth-order valence-corrected chi connectivity index (χ4v) is 2.55. The van der Waals surface area contributed by atoms with Crippen LogP contribution in [0, 0.1) is 0 Å². The van der Waals surface area contributed by atoms with Crippen molar-refractivity contribution in [1.82, 2.24) is 15.5 Å². The number of rotatable bonds is 8. The number of carbonyl (C=O) groups is 2. The number of hydrogen-bond donors (Lipinski definition) is 2. The van der Waals surface area contributed by atoms with Crippen LogP contribution < -0.4 is 10.6 Å². The molecular weight excluding hydrogens is 270 g/mol. The Morgan fingerprint density at radius 1 is 1.33 bits per heavy atom. The van der Waals surface area contributed by atoms with Crippen LogP contribution in [0.1, 0.15) is 39.0 Å². The third-order valence-electron chi connectivity index (χ3n) is 3.75. The Morgan fingerprint density at radius 3 is 2.90 bits per heavy atom. The van der Waals surface area contributed by atoms with Gasteiger partial charge < -0.3 is 15.4 Å². The largest absolute Gasteiger partial charge is 0.466 e. The monoisotopic (exact) mass is 299 g/mol. The maximum absolute atomic E-state index is 11.9. The van der Waals surface area contributed by atoms with Crippen LogP contribution in [0.3, 0.4) is 0 Å². The highest BCUT2D eigenvalue weighted by atomic mass is 16.5. The van der Waals surface area contributed by atoms with Crippen LogP contribution in [0.4, 0.5) is 0 Å². The highest BCUT2D eigenvalue weighted by Crippen LogP contribution is 2.11. The molecule has 0 radical (unpaired) electrons. The molecule has 1 amide bonds. The molecule has 0 saturated carbocycles. The zero-order chi connectivity index (χ0) is 15.5. The number of esters is 1. The zero-order valence-corrected chi connectivity index (χ0v) is 13.3. The van der Waals surface area contributed by atoms with Gasteiger partial charge in [0.1, 0.15) is 0 Å². The number of likely N-dealkylation sites (N-methyl/N-ethyl adjacent to an activating group) is 1. The van der Waals surface area contributed by atoms with E-state index >= 15 is 0 Å². The van der Waals surface area contributed by atoms with Gasteiger partial charge >= 0.3 is 5.97 Å². The molecule has 21 heavy (non-hydrogen) atoms. The van der Waals surface area contributed by atoms with E-state index in [2.05, 4.69) is 15.5 Å². The lowest BCUT2D eigenvalue weighted by molar-refractivity contribution is -0.143. The first kappa shape index (κ1) is 17.9. The molecule has 6 heteroatoms. The van der Waals surface area contributed by atoms with Crippen molar-refractivity contribution in [2.75, 3.05) is 39.8 Å². The molecular formula is C15H29N3O3. The molecule has 1 aliphatic heterocycles. The van der Waals surface area contributed by atoms with Crippen LogP contribution >= 0.6 is 0 Å². The molecule has 1 heterocycles. The molecule has 0 spiro atoms. The van der Waals surface area contributed by atoms with Crippen LogP contribution in [0.15, 0.2) is 0 Å². The van der Waals surface area contributed by atoms with E-state index in [9.17, 15) is 9.59 Å². The van der Waals surface area contributed by atoms with Gasteiger partial charge in [0.2, 0.25) is 5.91 Å². The summed E-state index contributed by atoms with van der Waals surface area (Å²) in [6.45, 7) is 5.24. The van der Waals surface area contributed by atoms with Crippen molar-refractivity contribution in [3.8, 4) is 0 Å². The van der Waals surface area contributed by atoms with Crippen molar-refractivity contribution in [1.29, 1.82) is 0 Å². The van der Waals surface area contributed by atoms with Crippen molar-refractivity contribution in [2.24, 2.45) is 0 Å².